The van der Waals surface area contributed by atoms with Crippen molar-refractivity contribution in [3.8, 4) is 11.5 Å². The molecule has 0 aromatic heterocycles. The van der Waals surface area contributed by atoms with Crippen LogP contribution in [0.1, 0.15) is 31.1 Å². The van der Waals surface area contributed by atoms with E-state index >= 15 is 0 Å². The SMILES string of the molecule is CCOC(=O)c1cc(OCC)cc(OCC)c1Br. The highest BCUT2D eigenvalue weighted by Crippen LogP contribution is 2.34. The molecule has 0 aliphatic rings. The van der Waals surface area contributed by atoms with Crippen molar-refractivity contribution < 1.29 is 19.0 Å². The van der Waals surface area contributed by atoms with Crippen LogP contribution in [0, 0.1) is 0 Å². The predicted molar refractivity (Wildman–Crippen MR) is 72.4 cm³/mol. The maximum Gasteiger partial charge on any atom is 0.339 e. The summed E-state index contributed by atoms with van der Waals surface area (Å²) in [5, 5.41) is 0. The van der Waals surface area contributed by atoms with Crippen molar-refractivity contribution in [3.05, 3.63) is 22.2 Å². The molecule has 0 saturated carbocycles. The van der Waals surface area contributed by atoms with Crippen molar-refractivity contribution in [2.24, 2.45) is 0 Å². The number of esters is 1. The Balaban J connectivity index is 3.17. The molecule has 4 nitrogen and oxygen atoms in total. The van der Waals surface area contributed by atoms with Crippen molar-refractivity contribution in [1.82, 2.24) is 0 Å². The summed E-state index contributed by atoms with van der Waals surface area (Å²) in [5.41, 5.74) is 0.409. The fraction of sp³-hybridized carbons (Fsp3) is 0.462. The van der Waals surface area contributed by atoms with Gasteiger partial charge in [0.1, 0.15) is 11.5 Å². The number of carbonyl (C=O) groups excluding carboxylic acids is 1. The Morgan fingerprint density at radius 3 is 2.33 bits per heavy atom. The first-order chi connectivity index (χ1) is 8.63. The topological polar surface area (TPSA) is 44.8 Å². The third kappa shape index (κ3) is 3.63. The van der Waals surface area contributed by atoms with Crippen molar-refractivity contribution in [3.63, 3.8) is 0 Å². The van der Waals surface area contributed by atoms with Crippen LogP contribution in [0.15, 0.2) is 16.6 Å². The van der Waals surface area contributed by atoms with Gasteiger partial charge in [-0.1, -0.05) is 0 Å². The summed E-state index contributed by atoms with van der Waals surface area (Å²) in [7, 11) is 0. The van der Waals surface area contributed by atoms with Gasteiger partial charge in [0, 0.05) is 6.07 Å². The number of hydrogen-bond acceptors (Lipinski definition) is 4. The predicted octanol–water partition coefficient (Wildman–Crippen LogP) is 3.42. The largest absolute Gasteiger partial charge is 0.494 e. The van der Waals surface area contributed by atoms with Gasteiger partial charge in [0.15, 0.2) is 0 Å². The van der Waals surface area contributed by atoms with E-state index in [0.717, 1.165) is 0 Å². The summed E-state index contributed by atoms with van der Waals surface area (Å²) in [4.78, 5) is 11.8. The summed E-state index contributed by atoms with van der Waals surface area (Å²) in [5.74, 6) is 0.769. The molecule has 0 atom stereocenters. The van der Waals surface area contributed by atoms with Gasteiger partial charge in [-0.05, 0) is 42.8 Å². The molecule has 0 aliphatic heterocycles. The lowest BCUT2D eigenvalue weighted by molar-refractivity contribution is 0.0524. The molecule has 0 saturated heterocycles. The zero-order valence-electron chi connectivity index (χ0n) is 10.8. The lowest BCUT2D eigenvalue weighted by Gasteiger charge is -2.13. The molecule has 0 spiro atoms. The summed E-state index contributed by atoms with van der Waals surface area (Å²) in [6, 6.07) is 3.40. The van der Waals surface area contributed by atoms with Gasteiger partial charge in [-0.3, -0.25) is 0 Å². The molecule has 0 aliphatic carbocycles. The van der Waals surface area contributed by atoms with E-state index in [1.54, 1.807) is 19.1 Å². The van der Waals surface area contributed by atoms with Crippen LogP contribution in [0.4, 0.5) is 0 Å². The van der Waals surface area contributed by atoms with E-state index in [2.05, 4.69) is 15.9 Å². The van der Waals surface area contributed by atoms with Crippen molar-refractivity contribution in [1.29, 1.82) is 0 Å². The quantitative estimate of drug-likeness (QED) is 0.754. The highest BCUT2D eigenvalue weighted by Gasteiger charge is 2.17. The minimum absolute atomic E-state index is 0.327. The molecule has 0 fully saturated rings. The van der Waals surface area contributed by atoms with Crippen LogP contribution in [-0.4, -0.2) is 25.8 Å². The standard InChI is InChI=1S/C13H17BrO4/c1-4-16-9-7-10(13(15)18-6-3)12(14)11(8-9)17-5-2/h7-8H,4-6H2,1-3H3. The number of benzene rings is 1. The minimum Gasteiger partial charge on any atom is -0.494 e. The molecule has 5 heteroatoms. The summed E-state index contributed by atoms with van der Waals surface area (Å²) in [6.07, 6.45) is 0. The Labute approximate surface area is 115 Å². The van der Waals surface area contributed by atoms with E-state index in [4.69, 9.17) is 14.2 Å². The first-order valence-corrected chi connectivity index (χ1v) is 6.69. The smallest absolute Gasteiger partial charge is 0.339 e. The van der Waals surface area contributed by atoms with Crippen LogP contribution in [0.5, 0.6) is 11.5 Å². The zero-order chi connectivity index (χ0) is 13.5. The van der Waals surface area contributed by atoms with E-state index in [-0.39, 0.29) is 0 Å². The number of halogens is 1. The fourth-order valence-corrected chi connectivity index (χ4v) is 1.95. The van der Waals surface area contributed by atoms with E-state index in [1.807, 2.05) is 13.8 Å². The molecular weight excluding hydrogens is 300 g/mol. The van der Waals surface area contributed by atoms with Gasteiger partial charge in [-0.15, -0.1) is 0 Å². The molecule has 100 valence electrons. The van der Waals surface area contributed by atoms with Crippen LogP contribution < -0.4 is 9.47 Å². The molecule has 0 heterocycles. The Morgan fingerprint density at radius 2 is 1.78 bits per heavy atom. The summed E-state index contributed by atoms with van der Waals surface area (Å²) < 4.78 is 16.5. The van der Waals surface area contributed by atoms with Crippen LogP contribution in [0.2, 0.25) is 0 Å². The highest BCUT2D eigenvalue weighted by molar-refractivity contribution is 9.10. The molecule has 18 heavy (non-hydrogen) atoms. The molecule has 1 aromatic carbocycles. The van der Waals surface area contributed by atoms with E-state index in [9.17, 15) is 4.79 Å². The lowest BCUT2D eigenvalue weighted by atomic mass is 10.2. The van der Waals surface area contributed by atoms with Crippen molar-refractivity contribution in [2.45, 2.75) is 20.8 Å². The Bertz CT molecular complexity index is 418. The molecule has 0 N–H and O–H groups in total. The van der Waals surface area contributed by atoms with Gasteiger partial charge < -0.3 is 14.2 Å². The van der Waals surface area contributed by atoms with Crippen LogP contribution in [-0.2, 0) is 4.74 Å². The maximum atomic E-state index is 11.8. The Kier molecular flexibility index (Phi) is 5.98. The van der Waals surface area contributed by atoms with Gasteiger partial charge in [-0.25, -0.2) is 4.79 Å². The zero-order valence-corrected chi connectivity index (χ0v) is 12.4. The second kappa shape index (κ2) is 7.26. The van der Waals surface area contributed by atoms with Gasteiger partial charge in [0.2, 0.25) is 0 Å². The third-order valence-electron chi connectivity index (χ3n) is 2.12. The first-order valence-electron chi connectivity index (χ1n) is 5.90. The van der Waals surface area contributed by atoms with E-state index in [0.29, 0.717) is 41.4 Å². The Morgan fingerprint density at radius 1 is 1.11 bits per heavy atom. The molecule has 0 bridgehead atoms. The number of ether oxygens (including phenoxy) is 3. The maximum absolute atomic E-state index is 11.8. The van der Waals surface area contributed by atoms with Gasteiger partial charge in [0.25, 0.3) is 0 Å². The van der Waals surface area contributed by atoms with Gasteiger partial charge in [-0.2, -0.15) is 0 Å². The molecule has 0 radical (unpaired) electrons. The molecule has 1 rings (SSSR count). The van der Waals surface area contributed by atoms with Crippen LogP contribution in [0.3, 0.4) is 0 Å². The average molecular weight is 317 g/mol. The number of hydrogen-bond donors (Lipinski definition) is 0. The van der Waals surface area contributed by atoms with Gasteiger partial charge >= 0.3 is 5.97 Å². The second-order valence-corrected chi connectivity index (χ2v) is 4.16. The van der Waals surface area contributed by atoms with Crippen molar-refractivity contribution >= 4 is 21.9 Å². The van der Waals surface area contributed by atoms with Gasteiger partial charge in [0.05, 0.1) is 29.9 Å². The number of rotatable bonds is 6. The normalized spacial score (nSPS) is 10.0. The minimum atomic E-state index is -0.396. The number of carbonyl (C=O) groups is 1. The molecule has 0 amide bonds. The van der Waals surface area contributed by atoms with Crippen LogP contribution in [0.25, 0.3) is 0 Å². The third-order valence-corrected chi connectivity index (χ3v) is 2.94. The second-order valence-electron chi connectivity index (χ2n) is 3.37. The summed E-state index contributed by atoms with van der Waals surface area (Å²) in [6.45, 7) is 6.89. The monoisotopic (exact) mass is 316 g/mol. The lowest BCUT2D eigenvalue weighted by Crippen LogP contribution is -2.07. The average Bonchev–Trinajstić information content (AvgIpc) is 2.34. The summed E-state index contributed by atoms with van der Waals surface area (Å²) >= 11 is 3.36. The molecule has 0 unspecified atom stereocenters. The molecule has 1 aromatic rings. The van der Waals surface area contributed by atoms with E-state index < -0.39 is 5.97 Å². The first kappa shape index (κ1) is 14.8. The Hall–Kier alpha value is -1.23. The van der Waals surface area contributed by atoms with Crippen molar-refractivity contribution in [2.75, 3.05) is 19.8 Å². The fourth-order valence-electron chi connectivity index (χ4n) is 1.44. The van der Waals surface area contributed by atoms with E-state index in [1.165, 1.54) is 0 Å². The molecular formula is C13H17BrO4. The van der Waals surface area contributed by atoms with Crippen LogP contribution >= 0.6 is 15.9 Å². The highest BCUT2D eigenvalue weighted by atomic mass is 79.9.